The van der Waals surface area contributed by atoms with Crippen LogP contribution in [0, 0.1) is 34.5 Å². The summed E-state index contributed by atoms with van der Waals surface area (Å²) in [7, 11) is 1.92. The van der Waals surface area contributed by atoms with Gasteiger partial charge in [0.15, 0.2) is 5.78 Å². The van der Waals surface area contributed by atoms with E-state index in [1.165, 1.54) is 19.3 Å². The molecule has 4 saturated carbocycles. The van der Waals surface area contributed by atoms with Gasteiger partial charge in [0.2, 0.25) is 0 Å². The average Bonchev–Trinajstić information content (AvgIpc) is 3.18. The Morgan fingerprint density at radius 2 is 2.00 bits per heavy atom. The van der Waals surface area contributed by atoms with Crippen LogP contribution in [0.25, 0.3) is 6.08 Å². The van der Waals surface area contributed by atoms with E-state index in [0.717, 1.165) is 49.2 Å². The van der Waals surface area contributed by atoms with E-state index < -0.39 is 0 Å². The number of carbonyl (C=O) groups is 1. The highest BCUT2D eigenvalue weighted by Gasteiger charge is 2.61. The van der Waals surface area contributed by atoms with Gasteiger partial charge in [0, 0.05) is 24.2 Å². The second kappa shape index (κ2) is 6.29. The quantitative estimate of drug-likeness (QED) is 0.733. The van der Waals surface area contributed by atoms with Crippen LogP contribution in [0.3, 0.4) is 0 Å². The predicted molar refractivity (Wildman–Crippen MR) is 109 cm³/mol. The highest BCUT2D eigenvalue weighted by Crippen LogP contribution is 2.66. The number of aromatic nitrogens is 2. The smallest absolute Gasteiger partial charge is 0.165 e. The minimum atomic E-state index is -0.174. The van der Waals surface area contributed by atoms with Crippen molar-refractivity contribution in [1.82, 2.24) is 9.78 Å². The fraction of sp³-hybridized carbons (Fsp3) is 0.750. The van der Waals surface area contributed by atoms with Crippen molar-refractivity contribution in [1.29, 1.82) is 0 Å². The first-order chi connectivity index (χ1) is 13.3. The molecular weight excluding hydrogens is 348 g/mol. The summed E-state index contributed by atoms with van der Waals surface area (Å²) < 4.78 is 1.80. The molecule has 4 nitrogen and oxygen atoms in total. The lowest BCUT2D eigenvalue weighted by atomic mass is 9.45. The summed E-state index contributed by atoms with van der Waals surface area (Å²) in [5.41, 5.74) is 2.25. The molecule has 0 amide bonds. The first kappa shape index (κ1) is 18.6. The van der Waals surface area contributed by atoms with E-state index in [0.29, 0.717) is 29.0 Å². The molecule has 4 aliphatic carbocycles. The molecule has 0 saturated heterocycles. The second-order valence-corrected chi connectivity index (χ2v) is 10.7. The van der Waals surface area contributed by atoms with Crippen molar-refractivity contribution >= 4 is 11.9 Å². The van der Waals surface area contributed by atoms with E-state index in [-0.39, 0.29) is 11.5 Å². The molecule has 0 spiro atoms. The zero-order valence-electron chi connectivity index (χ0n) is 17.5. The number of allylic oxidation sites excluding steroid dienone is 1. The molecule has 1 heterocycles. The molecular formula is C24H34N2O2. The number of nitrogens with zero attached hydrogens (tertiary/aromatic N) is 2. The summed E-state index contributed by atoms with van der Waals surface area (Å²) in [6.07, 6.45) is 14.6. The van der Waals surface area contributed by atoms with Gasteiger partial charge in [-0.2, -0.15) is 5.10 Å². The normalized spacial score (nSPS) is 46.9. The molecule has 1 N–H and O–H groups in total. The Morgan fingerprint density at radius 1 is 1.18 bits per heavy atom. The zero-order valence-corrected chi connectivity index (χ0v) is 17.5. The number of rotatable bonds is 1. The van der Waals surface area contributed by atoms with E-state index in [1.807, 2.05) is 19.4 Å². The number of aryl methyl sites for hydroxylation is 1. The molecule has 1 aromatic heterocycles. The molecule has 4 heteroatoms. The van der Waals surface area contributed by atoms with Crippen molar-refractivity contribution in [2.45, 2.75) is 71.3 Å². The van der Waals surface area contributed by atoms with Crippen molar-refractivity contribution in [2.75, 3.05) is 0 Å². The fourth-order valence-electron chi connectivity index (χ4n) is 7.75. The summed E-state index contributed by atoms with van der Waals surface area (Å²) in [6.45, 7) is 4.76. The van der Waals surface area contributed by atoms with Crippen LogP contribution in [-0.2, 0) is 11.8 Å². The predicted octanol–water partition coefficient (Wildman–Crippen LogP) is 4.39. The molecule has 0 aromatic carbocycles. The summed E-state index contributed by atoms with van der Waals surface area (Å²) >= 11 is 0. The van der Waals surface area contributed by atoms with Crippen LogP contribution < -0.4 is 0 Å². The van der Waals surface area contributed by atoms with Crippen LogP contribution in [-0.4, -0.2) is 26.8 Å². The number of ketones is 1. The molecule has 0 aliphatic heterocycles. The highest BCUT2D eigenvalue weighted by atomic mass is 16.3. The number of fused-ring (bicyclic) bond motifs is 5. The van der Waals surface area contributed by atoms with E-state index >= 15 is 0 Å². The molecule has 0 radical (unpaired) electrons. The van der Waals surface area contributed by atoms with Crippen molar-refractivity contribution in [3.63, 3.8) is 0 Å². The van der Waals surface area contributed by atoms with Gasteiger partial charge in [-0.3, -0.25) is 9.48 Å². The van der Waals surface area contributed by atoms with Crippen molar-refractivity contribution in [3.8, 4) is 0 Å². The second-order valence-electron chi connectivity index (χ2n) is 10.7. The Hall–Kier alpha value is -1.42. The molecule has 0 unspecified atom stereocenters. The fourth-order valence-corrected chi connectivity index (χ4v) is 7.75. The molecule has 152 valence electrons. The standard InChI is InChI=1S/C24H34N2O2/c1-23-8-6-18(27)12-17(23)4-5-19-20(23)7-9-24(2)21(19)11-16(22(24)28)10-15-13-25-26(3)14-15/h10,13-14,17-21,27H,4-9,11-12H2,1-3H3/b16-10-/t17-,18-,19-,20+,21+,23-,24-/m0/s1. The van der Waals surface area contributed by atoms with Gasteiger partial charge in [0.25, 0.3) is 0 Å². The lowest BCUT2D eigenvalue weighted by molar-refractivity contribution is -0.141. The van der Waals surface area contributed by atoms with Crippen molar-refractivity contribution < 1.29 is 9.90 Å². The van der Waals surface area contributed by atoms with Gasteiger partial charge in [-0.1, -0.05) is 13.8 Å². The first-order valence-corrected chi connectivity index (χ1v) is 11.2. The van der Waals surface area contributed by atoms with E-state index in [9.17, 15) is 9.90 Å². The summed E-state index contributed by atoms with van der Waals surface area (Å²) in [6, 6.07) is 0. The molecule has 5 rings (SSSR count). The van der Waals surface area contributed by atoms with Crippen LogP contribution in [0.1, 0.15) is 70.8 Å². The number of Topliss-reactive ketones (excluding diaryl/α,β-unsaturated/α-hetero) is 1. The summed E-state index contributed by atoms with van der Waals surface area (Å²) in [5, 5.41) is 14.5. The number of hydrogen-bond donors (Lipinski definition) is 1. The summed E-state index contributed by atoms with van der Waals surface area (Å²) in [5.74, 6) is 2.95. The summed E-state index contributed by atoms with van der Waals surface area (Å²) in [4.78, 5) is 13.4. The topological polar surface area (TPSA) is 55.1 Å². The molecule has 28 heavy (non-hydrogen) atoms. The Bertz CT molecular complexity index is 826. The zero-order chi connectivity index (χ0) is 19.7. The lowest BCUT2D eigenvalue weighted by Gasteiger charge is -2.59. The van der Waals surface area contributed by atoms with Crippen LogP contribution in [0.4, 0.5) is 0 Å². The largest absolute Gasteiger partial charge is 0.393 e. The van der Waals surface area contributed by atoms with Gasteiger partial charge in [-0.25, -0.2) is 0 Å². The van der Waals surface area contributed by atoms with Crippen LogP contribution in [0.2, 0.25) is 0 Å². The van der Waals surface area contributed by atoms with Gasteiger partial charge in [0.1, 0.15) is 0 Å². The van der Waals surface area contributed by atoms with E-state index in [4.69, 9.17) is 0 Å². The number of carbonyl (C=O) groups excluding carboxylic acids is 1. The molecule has 4 aliphatic rings. The maximum absolute atomic E-state index is 13.4. The van der Waals surface area contributed by atoms with Crippen LogP contribution >= 0.6 is 0 Å². The molecule has 4 fully saturated rings. The Labute approximate surface area is 168 Å². The van der Waals surface area contributed by atoms with Gasteiger partial charge in [-0.05, 0) is 92.1 Å². The monoisotopic (exact) mass is 382 g/mol. The average molecular weight is 383 g/mol. The highest BCUT2D eigenvalue weighted by molar-refractivity contribution is 6.05. The Kier molecular flexibility index (Phi) is 4.18. The van der Waals surface area contributed by atoms with Gasteiger partial charge in [-0.15, -0.1) is 0 Å². The third-order valence-corrected chi connectivity index (χ3v) is 9.34. The third kappa shape index (κ3) is 2.59. The van der Waals surface area contributed by atoms with Gasteiger partial charge in [0.05, 0.1) is 12.3 Å². The van der Waals surface area contributed by atoms with Gasteiger partial charge >= 0.3 is 0 Å². The van der Waals surface area contributed by atoms with E-state index in [1.54, 1.807) is 4.68 Å². The molecule has 0 bridgehead atoms. The van der Waals surface area contributed by atoms with Crippen LogP contribution in [0.15, 0.2) is 18.0 Å². The number of hydrogen-bond acceptors (Lipinski definition) is 3. The lowest BCUT2D eigenvalue weighted by Crippen LogP contribution is -2.54. The van der Waals surface area contributed by atoms with Gasteiger partial charge < -0.3 is 5.11 Å². The number of aliphatic hydroxyl groups is 1. The maximum Gasteiger partial charge on any atom is 0.165 e. The Balaban J connectivity index is 1.45. The Morgan fingerprint density at radius 3 is 2.75 bits per heavy atom. The van der Waals surface area contributed by atoms with Crippen LogP contribution in [0.5, 0.6) is 0 Å². The molecule has 7 atom stereocenters. The number of aliphatic hydroxyl groups excluding tert-OH is 1. The third-order valence-electron chi connectivity index (χ3n) is 9.34. The van der Waals surface area contributed by atoms with E-state index in [2.05, 4.69) is 25.0 Å². The van der Waals surface area contributed by atoms with Crippen molar-refractivity contribution in [3.05, 3.63) is 23.5 Å². The first-order valence-electron chi connectivity index (χ1n) is 11.2. The minimum absolute atomic E-state index is 0.0921. The maximum atomic E-state index is 13.4. The van der Waals surface area contributed by atoms with Crippen molar-refractivity contribution in [2.24, 2.45) is 41.5 Å². The SMILES string of the molecule is Cn1cc(/C=C2/C[C@@H]3[C@H]4CC[C@H]5C[C@@H](O)CC[C@]5(C)[C@@H]4CC[C@]3(C)C2=O)cn1. The minimum Gasteiger partial charge on any atom is -0.393 e. The molecule has 1 aromatic rings.